The van der Waals surface area contributed by atoms with E-state index in [0.29, 0.717) is 45.5 Å². The number of hydrogen-bond donors (Lipinski definition) is 0. The van der Waals surface area contributed by atoms with Crippen LogP contribution >= 0.6 is 11.6 Å². The highest BCUT2D eigenvalue weighted by Gasteiger charge is 2.13. The highest BCUT2D eigenvalue weighted by Crippen LogP contribution is 2.35. The molecule has 238 valence electrons. The van der Waals surface area contributed by atoms with Crippen molar-refractivity contribution in [3.8, 4) is 34.6 Å². The molecule has 1 fully saturated rings. The summed E-state index contributed by atoms with van der Waals surface area (Å²) in [6.45, 7) is 2.31. The Morgan fingerprint density at radius 2 is 1.33 bits per heavy atom. The van der Waals surface area contributed by atoms with Crippen molar-refractivity contribution in [2.24, 2.45) is 5.92 Å². The fourth-order valence-corrected chi connectivity index (χ4v) is 4.33. The standard InChI is InChI=1S/C24H20N2O5.C7H5ClO2.C5H10/c1-28-21-13-19-20(14-22(21)29-2)25-15-26-24(19)31-18-10-8-16(9-11-18)12-23(27)30-17-6-4-3-5-7-17;8-7(9)10-6-4-2-1-3-5-6;1-5-3-2-4-5/h3-11,13-15H,12H2,1-2H3;1-5H;5H,2-4H2,1H3. The SMILES string of the molecule is CC1CCC1.COc1cc2ncnc(Oc3ccc(CC(=O)Oc4ccccc4)cc3)c2cc1OC.O=C(Cl)Oc1ccccc1. The van der Waals surface area contributed by atoms with Crippen LogP contribution in [-0.2, 0) is 11.2 Å². The molecule has 1 aliphatic carbocycles. The van der Waals surface area contributed by atoms with Gasteiger partial charge >= 0.3 is 11.4 Å². The van der Waals surface area contributed by atoms with E-state index in [1.165, 1.54) is 25.6 Å². The lowest BCUT2D eigenvalue weighted by Crippen LogP contribution is -2.11. The van der Waals surface area contributed by atoms with E-state index in [9.17, 15) is 9.59 Å². The summed E-state index contributed by atoms with van der Waals surface area (Å²) in [6, 6.07) is 28.4. The van der Waals surface area contributed by atoms with Crippen molar-refractivity contribution in [1.29, 1.82) is 0 Å². The minimum atomic E-state index is -0.814. The first-order chi connectivity index (χ1) is 22.3. The Bertz CT molecular complexity index is 1700. The van der Waals surface area contributed by atoms with Crippen LogP contribution in [-0.4, -0.2) is 35.6 Å². The molecular formula is C36H35ClN2O7. The van der Waals surface area contributed by atoms with Gasteiger partial charge in [-0.05, 0) is 53.9 Å². The van der Waals surface area contributed by atoms with E-state index in [2.05, 4.69) is 21.6 Å². The molecule has 1 saturated carbocycles. The summed E-state index contributed by atoms with van der Waals surface area (Å²) in [5.41, 5.74) is 0.668. The van der Waals surface area contributed by atoms with E-state index in [1.807, 2.05) is 36.4 Å². The van der Waals surface area contributed by atoms with Gasteiger partial charge in [0.2, 0.25) is 5.88 Å². The normalized spacial score (nSPS) is 11.8. The van der Waals surface area contributed by atoms with E-state index >= 15 is 0 Å². The fraction of sp³-hybridized carbons (Fsp3) is 0.222. The van der Waals surface area contributed by atoms with Crippen LogP contribution < -0.4 is 23.7 Å². The highest BCUT2D eigenvalue weighted by atomic mass is 35.5. The average Bonchev–Trinajstić information content (AvgIpc) is 3.05. The largest absolute Gasteiger partial charge is 0.493 e. The van der Waals surface area contributed by atoms with Crippen LogP contribution in [0.2, 0.25) is 0 Å². The Kier molecular flexibility index (Phi) is 12.7. The van der Waals surface area contributed by atoms with Crippen molar-refractivity contribution in [1.82, 2.24) is 9.97 Å². The summed E-state index contributed by atoms with van der Waals surface area (Å²) >= 11 is 4.95. The van der Waals surface area contributed by atoms with Gasteiger partial charge in [0.05, 0.1) is 31.5 Å². The molecule has 0 spiro atoms. The number of nitrogens with zero attached hydrogens (tertiary/aromatic N) is 2. The first-order valence-electron chi connectivity index (χ1n) is 14.7. The molecule has 0 N–H and O–H groups in total. The molecule has 0 aliphatic heterocycles. The van der Waals surface area contributed by atoms with E-state index < -0.39 is 5.43 Å². The van der Waals surface area contributed by atoms with Crippen molar-refractivity contribution in [3.05, 3.63) is 109 Å². The Morgan fingerprint density at radius 1 is 0.761 bits per heavy atom. The number of carbonyl (C=O) groups excluding carboxylic acids is 2. The lowest BCUT2D eigenvalue weighted by Gasteiger charge is -2.18. The second kappa shape index (κ2) is 17.4. The molecule has 0 unspecified atom stereocenters. The van der Waals surface area contributed by atoms with Crippen LogP contribution in [0.3, 0.4) is 0 Å². The summed E-state index contributed by atoms with van der Waals surface area (Å²) < 4.78 is 26.5. The first-order valence-corrected chi connectivity index (χ1v) is 15.0. The predicted molar refractivity (Wildman–Crippen MR) is 176 cm³/mol. The number of aromatic nitrogens is 2. The average molecular weight is 643 g/mol. The van der Waals surface area contributed by atoms with Crippen molar-refractivity contribution >= 4 is 33.9 Å². The first kappa shape index (κ1) is 33.7. The molecule has 1 aromatic heterocycles. The van der Waals surface area contributed by atoms with Crippen LogP contribution in [0.4, 0.5) is 4.79 Å². The van der Waals surface area contributed by atoms with Gasteiger partial charge in [-0.3, -0.25) is 4.79 Å². The minimum absolute atomic E-state index is 0.155. The summed E-state index contributed by atoms with van der Waals surface area (Å²) in [5.74, 6) is 3.82. The zero-order valence-corrected chi connectivity index (χ0v) is 26.6. The third kappa shape index (κ3) is 10.5. The van der Waals surface area contributed by atoms with Gasteiger partial charge in [0.1, 0.15) is 23.6 Å². The summed E-state index contributed by atoms with van der Waals surface area (Å²) in [7, 11) is 3.13. The van der Waals surface area contributed by atoms with Gasteiger partial charge in [-0.2, -0.15) is 0 Å². The number of halogens is 1. The molecule has 0 bridgehead atoms. The lowest BCUT2D eigenvalue weighted by atomic mass is 9.88. The van der Waals surface area contributed by atoms with Crippen LogP contribution in [0.15, 0.2) is 103 Å². The molecule has 5 aromatic rings. The minimum Gasteiger partial charge on any atom is -0.493 e. The molecule has 6 rings (SSSR count). The third-order valence-corrected chi connectivity index (χ3v) is 6.98. The number of para-hydroxylation sites is 2. The maximum atomic E-state index is 12.1. The molecule has 10 heteroatoms. The summed E-state index contributed by atoms with van der Waals surface area (Å²) in [6.07, 6.45) is 6.04. The Labute approximate surface area is 273 Å². The summed E-state index contributed by atoms with van der Waals surface area (Å²) in [5, 5.41) is 0.690. The number of ether oxygens (including phenoxy) is 5. The van der Waals surface area contributed by atoms with Gasteiger partial charge in [0, 0.05) is 17.7 Å². The highest BCUT2D eigenvalue weighted by molar-refractivity contribution is 6.61. The fourth-order valence-electron chi connectivity index (χ4n) is 4.24. The quantitative estimate of drug-likeness (QED) is 0.0932. The van der Waals surface area contributed by atoms with Crippen LogP contribution in [0.25, 0.3) is 10.9 Å². The zero-order chi connectivity index (χ0) is 32.7. The number of rotatable bonds is 8. The van der Waals surface area contributed by atoms with Crippen LogP contribution in [0.5, 0.6) is 34.6 Å². The van der Waals surface area contributed by atoms with E-state index in [4.69, 9.17) is 30.5 Å². The molecule has 4 aromatic carbocycles. The van der Waals surface area contributed by atoms with E-state index in [-0.39, 0.29) is 12.4 Å². The second-order valence-electron chi connectivity index (χ2n) is 10.3. The monoisotopic (exact) mass is 642 g/mol. The molecule has 0 radical (unpaired) electrons. The van der Waals surface area contributed by atoms with Crippen LogP contribution in [0.1, 0.15) is 31.7 Å². The molecule has 0 amide bonds. The maximum absolute atomic E-state index is 12.1. The van der Waals surface area contributed by atoms with Gasteiger partial charge in [-0.25, -0.2) is 14.8 Å². The number of methoxy groups -OCH3 is 2. The zero-order valence-electron chi connectivity index (χ0n) is 25.9. The van der Waals surface area contributed by atoms with Crippen molar-refractivity contribution in [2.75, 3.05) is 14.2 Å². The Morgan fingerprint density at radius 3 is 1.85 bits per heavy atom. The number of fused-ring (bicyclic) bond motifs is 1. The molecule has 9 nitrogen and oxygen atoms in total. The van der Waals surface area contributed by atoms with Crippen molar-refractivity contribution in [2.45, 2.75) is 32.6 Å². The van der Waals surface area contributed by atoms with Gasteiger partial charge in [0.15, 0.2) is 11.5 Å². The van der Waals surface area contributed by atoms with Gasteiger partial charge < -0.3 is 23.7 Å². The second-order valence-corrected chi connectivity index (χ2v) is 10.6. The predicted octanol–water partition coefficient (Wildman–Crippen LogP) is 8.82. The number of carbonyl (C=O) groups is 2. The van der Waals surface area contributed by atoms with E-state index in [1.54, 1.807) is 74.9 Å². The molecule has 1 heterocycles. The topological polar surface area (TPSA) is 106 Å². The summed E-state index contributed by atoms with van der Waals surface area (Å²) in [4.78, 5) is 30.8. The third-order valence-electron chi connectivity index (χ3n) is 6.90. The number of esters is 1. The lowest BCUT2D eigenvalue weighted by molar-refractivity contribution is -0.133. The van der Waals surface area contributed by atoms with Crippen molar-refractivity contribution < 1.29 is 33.3 Å². The maximum Gasteiger partial charge on any atom is 0.409 e. The van der Waals surface area contributed by atoms with Crippen LogP contribution in [0, 0.1) is 5.92 Å². The Balaban J connectivity index is 0.000000261. The molecule has 0 saturated heterocycles. The molecule has 46 heavy (non-hydrogen) atoms. The molecule has 0 atom stereocenters. The smallest absolute Gasteiger partial charge is 0.409 e. The van der Waals surface area contributed by atoms with Gasteiger partial charge in [-0.1, -0.05) is 74.7 Å². The number of hydrogen-bond acceptors (Lipinski definition) is 9. The Hall–Kier alpha value is -5.15. The molecular weight excluding hydrogens is 608 g/mol. The van der Waals surface area contributed by atoms with Gasteiger partial charge in [0.25, 0.3) is 0 Å². The number of benzene rings is 4. The van der Waals surface area contributed by atoms with Crippen molar-refractivity contribution in [3.63, 3.8) is 0 Å². The molecule has 1 aliphatic rings. The van der Waals surface area contributed by atoms with E-state index in [0.717, 1.165) is 11.5 Å². The van der Waals surface area contributed by atoms with Gasteiger partial charge in [-0.15, -0.1) is 0 Å².